The molecule has 0 bridgehead atoms. The van der Waals surface area contributed by atoms with Crippen LogP contribution in [0.5, 0.6) is 0 Å². The Bertz CT molecular complexity index is 683. The minimum absolute atomic E-state index is 0.192. The molecule has 3 rings (SSSR count). The number of hydrazine groups is 1. The molecule has 98 valence electrons. The number of amidine groups is 1. The molecule has 1 amide bonds. The number of anilines is 1. The molecule has 0 unspecified atom stereocenters. The van der Waals surface area contributed by atoms with Crippen LogP contribution in [0.3, 0.4) is 0 Å². The minimum atomic E-state index is -0.263. The normalized spacial score (nSPS) is 16.6. The Kier molecular flexibility index (Phi) is 3.26. The summed E-state index contributed by atoms with van der Waals surface area (Å²) in [4.78, 5) is 16.7. The van der Waals surface area contributed by atoms with Crippen LogP contribution in [0.15, 0.2) is 65.7 Å². The molecular formula is C15H11N3OS. The van der Waals surface area contributed by atoms with Crippen molar-refractivity contribution in [3.05, 3.63) is 60.7 Å². The van der Waals surface area contributed by atoms with Crippen LogP contribution in [0.1, 0.15) is 0 Å². The van der Waals surface area contributed by atoms with E-state index in [1.807, 2.05) is 60.7 Å². The fraction of sp³-hybridized carbons (Fsp3) is 0. The predicted molar refractivity (Wildman–Crippen MR) is 83.2 cm³/mol. The number of thiocarbonyl (C=S) groups is 1. The first-order chi connectivity index (χ1) is 9.75. The number of carbonyl (C=O) groups is 1. The zero-order chi connectivity index (χ0) is 13.9. The zero-order valence-electron chi connectivity index (χ0n) is 10.5. The molecule has 0 radical (unpaired) electrons. The van der Waals surface area contributed by atoms with Gasteiger partial charge in [0.05, 0.1) is 11.4 Å². The highest BCUT2D eigenvalue weighted by Gasteiger charge is 2.32. The van der Waals surface area contributed by atoms with Crippen LogP contribution >= 0.6 is 12.2 Å². The summed E-state index contributed by atoms with van der Waals surface area (Å²) in [5.74, 6) is 0.140. The van der Waals surface area contributed by atoms with Gasteiger partial charge in [0.1, 0.15) is 4.86 Å². The molecule has 2 aromatic carbocycles. The number of hydrogen-bond acceptors (Lipinski definition) is 3. The number of nitrogens with zero attached hydrogens (tertiary/aromatic N) is 2. The summed E-state index contributed by atoms with van der Waals surface area (Å²) in [5.41, 5.74) is 4.43. The van der Waals surface area contributed by atoms with Crippen molar-refractivity contribution in [1.82, 2.24) is 5.43 Å². The summed E-state index contributed by atoms with van der Waals surface area (Å²) in [6.07, 6.45) is 0. The third-order valence-electron chi connectivity index (χ3n) is 2.84. The second-order valence-electron chi connectivity index (χ2n) is 4.21. The van der Waals surface area contributed by atoms with Gasteiger partial charge < -0.3 is 0 Å². The van der Waals surface area contributed by atoms with E-state index in [9.17, 15) is 4.79 Å². The topological polar surface area (TPSA) is 44.7 Å². The van der Waals surface area contributed by atoms with Gasteiger partial charge in [-0.25, -0.2) is 10.0 Å². The number of aliphatic imine (C=N–C) groups is 1. The quantitative estimate of drug-likeness (QED) is 0.861. The van der Waals surface area contributed by atoms with Crippen LogP contribution in [0.25, 0.3) is 0 Å². The highest BCUT2D eigenvalue weighted by molar-refractivity contribution is 7.84. The van der Waals surface area contributed by atoms with Crippen molar-refractivity contribution in [3.8, 4) is 0 Å². The fourth-order valence-corrected chi connectivity index (χ4v) is 2.06. The van der Waals surface area contributed by atoms with Gasteiger partial charge in [-0.05, 0) is 24.3 Å². The summed E-state index contributed by atoms with van der Waals surface area (Å²) in [5, 5.41) is 1.41. The Balaban J connectivity index is 1.92. The molecule has 0 spiro atoms. The second kappa shape index (κ2) is 5.22. The largest absolute Gasteiger partial charge is 0.291 e. The first-order valence-electron chi connectivity index (χ1n) is 6.10. The molecule has 1 aliphatic rings. The van der Waals surface area contributed by atoms with Crippen LogP contribution in [-0.2, 0) is 4.79 Å². The summed E-state index contributed by atoms with van der Waals surface area (Å²) in [7, 11) is 0. The van der Waals surface area contributed by atoms with Gasteiger partial charge in [-0.15, -0.1) is 0 Å². The van der Waals surface area contributed by atoms with Crippen molar-refractivity contribution in [2.75, 3.05) is 5.01 Å². The maximum absolute atomic E-state index is 12.1. The van der Waals surface area contributed by atoms with Crippen molar-refractivity contribution in [2.24, 2.45) is 4.99 Å². The molecule has 20 heavy (non-hydrogen) atoms. The Morgan fingerprint density at radius 1 is 0.950 bits per heavy atom. The summed E-state index contributed by atoms with van der Waals surface area (Å²) < 4.78 is 0. The number of para-hydroxylation sites is 2. The van der Waals surface area contributed by atoms with E-state index in [1.165, 1.54) is 5.01 Å². The lowest BCUT2D eigenvalue weighted by atomic mass is 10.3. The lowest BCUT2D eigenvalue weighted by Crippen LogP contribution is -2.35. The molecule has 1 heterocycles. The molecule has 0 saturated carbocycles. The van der Waals surface area contributed by atoms with Gasteiger partial charge in [0.15, 0.2) is 5.84 Å². The highest BCUT2D eigenvalue weighted by Crippen LogP contribution is 2.18. The minimum Gasteiger partial charge on any atom is -0.273 e. The van der Waals surface area contributed by atoms with E-state index in [0.717, 1.165) is 11.4 Å². The van der Waals surface area contributed by atoms with Gasteiger partial charge in [0.2, 0.25) is 0 Å². The smallest absolute Gasteiger partial charge is 0.273 e. The highest BCUT2D eigenvalue weighted by atomic mass is 32.1. The van der Waals surface area contributed by atoms with Crippen LogP contribution in [0.4, 0.5) is 11.4 Å². The third kappa shape index (κ3) is 2.31. The van der Waals surface area contributed by atoms with E-state index in [2.05, 4.69) is 10.4 Å². The van der Waals surface area contributed by atoms with Crippen molar-refractivity contribution in [2.45, 2.75) is 0 Å². The Labute approximate surface area is 121 Å². The van der Waals surface area contributed by atoms with Crippen molar-refractivity contribution >= 4 is 40.2 Å². The van der Waals surface area contributed by atoms with E-state index in [-0.39, 0.29) is 10.8 Å². The number of amides is 1. The van der Waals surface area contributed by atoms with Gasteiger partial charge in [-0.1, -0.05) is 48.6 Å². The average Bonchev–Trinajstić information content (AvgIpc) is 2.78. The third-order valence-corrected chi connectivity index (χ3v) is 3.21. The Hall–Kier alpha value is -2.53. The molecule has 2 aromatic rings. The lowest BCUT2D eigenvalue weighted by Gasteiger charge is -2.14. The Morgan fingerprint density at radius 3 is 2.20 bits per heavy atom. The fourth-order valence-electron chi connectivity index (χ4n) is 1.88. The number of rotatable bonds is 2. The van der Waals surface area contributed by atoms with Crippen LogP contribution < -0.4 is 10.4 Å². The van der Waals surface area contributed by atoms with E-state index >= 15 is 0 Å². The molecule has 1 aliphatic heterocycles. The lowest BCUT2D eigenvalue weighted by molar-refractivity contribution is -0.112. The molecule has 5 heteroatoms. The first-order valence-corrected chi connectivity index (χ1v) is 6.51. The summed E-state index contributed by atoms with van der Waals surface area (Å²) in [6.45, 7) is 0. The van der Waals surface area contributed by atoms with E-state index in [1.54, 1.807) is 0 Å². The van der Waals surface area contributed by atoms with Crippen LogP contribution in [0, 0.1) is 0 Å². The van der Waals surface area contributed by atoms with E-state index in [0.29, 0.717) is 5.84 Å². The predicted octanol–water partition coefficient (Wildman–Crippen LogP) is 2.64. The Morgan fingerprint density at radius 2 is 1.55 bits per heavy atom. The maximum atomic E-state index is 12.1. The monoisotopic (exact) mass is 281 g/mol. The second-order valence-corrected chi connectivity index (χ2v) is 4.62. The van der Waals surface area contributed by atoms with Crippen molar-refractivity contribution < 1.29 is 4.79 Å². The zero-order valence-corrected chi connectivity index (χ0v) is 11.3. The molecule has 1 N–H and O–H groups in total. The summed E-state index contributed by atoms with van der Waals surface area (Å²) >= 11 is 5.15. The number of nitrogens with one attached hydrogen (secondary N) is 1. The van der Waals surface area contributed by atoms with Crippen LogP contribution in [0.2, 0.25) is 0 Å². The standard InChI is InChI=1S/C15H11N3OS/c19-15-13(20)14(16-11-7-3-1-4-8-11)17-18(15)12-9-5-2-6-10-12/h1-10H,(H,16,17). The average molecular weight is 281 g/mol. The van der Waals surface area contributed by atoms with Gasteiger partial charge >= 0.3 is 0 Å². The SMILES string of the molecule is O=C1C(=S)C(=Nc2ccccc2)NN1c1ccccc1. The van der Waals surface area contributed by atoms with Crippen molar-refractivity contribution in [1.29, 1.82) is 0 Å². The first kappa shape index (κ1) is 12.5. The van der Waals surface area contributed by atoms with Gasteiger partial charge in [0.25, 0.3) is 5.91 Å². The molecule has 0 aromatic heterocycles. The van der Waals surface area contributed by atoms with Gasteiger partial charge in [-0.2, -0.15) is 0 Å². The molecular weight excluding hydrogens is 270 g/mol. The van der Waals surface area contributed by atoms with Gasteiger partial charge in [0, 0.05) is 0 Å². The summed E-state index contributed by atoms with van der Waals surface area (Å²) in [6, 6.07) is 18.7. The van der Waals surface area contributed by atoms with E-state index in [4.69, 9.17) is 12.2 Å². The molecule has 0 aliphatic carbocycles. The van der Waals surface area contributed by atoms with Gasteiger partial charge in [-0.3, -0.25) is 10.2 Å². The number of benzene rings is 2. The van der Waals surface area contributed by atoms with E-state index < -0.39 is 0 Å². The molecule has 4 nitrogen and oxygen atoms in total. The number of hydrogen-bond donors (Lipinski definition) is 1. The molecule has 1 saturated heterocycles. The number of carbonyl (C=O) groups excluding carboxylic acids is 1. The molecule has 1 fully saturated rings. The maximum Gasteiger partial charge on any atom is 0.291 e. The molecule has 0 atom stereocenters. The van der Waals surface area contributed by atoms with Crippen molar-refractivity contribution in [3.63, 3.8) is 0 Å². The van der Waals surface area contributed by atoms with Crippen LogP contribution in [-0.4, -0.2) is 16.6 Å².